The van der Waals surface area contributed by atoms with E-state index >= 15 is 0 Å². The van der Waals surface area contributed by atoms with Crippen molar-refractivity contribution in [1.29, 1.82) is 0 Å². The van der Waals surface area contributed by atoms with Crippen molar-refractivity contribution in [2.24, 2.45) is 0 Å². The minimum atomic E-state index is -0.0814. The summed E-state index contributed by atoms with van der Waals surface area (Å²) in [4.78, 5) is 12.0. The molecule has 1 aliphatic carbocycles. The second-order valence-electron chi connectivity index (χ2n) is 5.46. The second-order valence-corrected chi connectivity index (χ2v) is 5.46. The topological polar surface area (TPSA) is 64.4 Å². The zero-order chi connectivity index (χ0) is 14.4. The lowest BCUT2D eigenvalue weighted by Crippen LogP contribution is -2.29. The Labute approximate surface area is 132 Å². The third-order valence-corrected chi connectivity index (χ3v) is 3.80. The van der Waals surface area contributed by atoms with Gasteiger partial charge in [-0.2, -0.15) is 0 Å². The first kappa shape index (κ1) is 17.8. The third-order valence-electron chi connectivity index (χ3n) is 3.80. The van der Waals surface area contributed by atoms with Crippen molar-refractivity contribution in [1.82, 2.24) is 5.32 Å². The molecule has 3 N–H and O–H groups in total. The van der Waals surface area contributed by atoms with Gasteiger partial charge in [-0.3, -0.25) is 4.79 Å². The Morgan fingerprint density at radius 2 is 2.05 bits per heavy atom. The van der Waals surface area contributed by atoms with E-state index in [2.05, 4.69) is 5.32 Å². The Morgan fingerprint density at radius 3 is 2.76 bits per heavy atom. The molecule has 0 aliphatic heterocycles. The zero-order valence-corrected chi connectivity index (χ0v) is 13.4. The molecule has 1 fully saturated rings. The molecule has 0 unspecified atom stereocenters. The van der Waals surface area contributed by atoms with Crippen LogP contribution in [0.5, 0.6) is 0 Å². The molecule has 118 valence electrons. The largest absolute Gasteiger partial charge is 0.399 e. The second kappa shape index (κ2) is 8.90. The summed E-state index contributed by atoms with van der Waals surface area (Å²) in [6.45, 7) is 3.04. The molecule has 0 radical (unpaired) electrons. The average molecular weight is 313 g/mol. The Bertz CT molecular complexity index is 460. The van der Waals surface area contributed by atoms with Crippen LogP contribution in [0.4, 0.5) is 5.69 Å². The fourth-order valence-electron chi connectivity index (χ4n) is 2.60. The number of amides is 1. The molecule has 5 heteroatoms. The van der Waals surface area contributed by atoms with Crippen LogP contribution < -0.4 is 11.1 Å². The van der Waals surface area contributed by atoms with Gasteiger partial charge in [0, 0.05) is 17.8 Å². The van der Waals surface area contributed by atoms with Gasteiger partial charge in [-0.15, -0.1) is 12.4 Å². The Morgan fingerprint density at radius 1 is 1.33 bits per heavy atom. The van der Waals surface area contributed by atoms with E-state index in [1.807, 2.05) is 13.0 Å². The van der Waals surface area contributed by atoms with Crippen molar-refractivity contribution in [3.63, 3.8) is 0 Å². The SMILES string of the molecule is Cc1ccc(N)cc1C(=O)NCCOC1CCCCC1.Cl. The van der Waals surface area contributed by atoms with Crippen LogP contribution in [-0.2, 0) is 4.74 Å². The molecular formula is C16H25ClN2O2. The monoisotopic (exact) mass is 312 g/mol. The quantitative estimate of drug-likeness (QED) is 0.648. The summed E-state index contributed by atoms with van der Waals surface area (Å²) in [6, 6.07) is 5.38. The minimum absolute atomic E-state index is 0. The minimum Gasteiger partial charge on any atom is -0.399 e. The van der Waals surface area contributed by atoms with E-state index in [0.717, 1.165) is 18.4 Å². The molecule has 1 amide bonds. The van der Waals surface area contributed by atoms with Gasteiger partial charge in [0.25, 0.3) is 5.91 Å². The van der Waals surface area contributed by atoms with Crippen LogP contribution in [0, 0.1) is 6.92 Å². The van der Waals surface area contributed by atoms with Crippen molar-refractivity contribution in [2.75, 3.05) is 18.9 Å². The van der Waals surface area contributed by atoms with E-state index in [0.29, 0.717) is 30.5 Å². The number of nitrogens with two attached hydrogens (primary N) is 1. The van der Waals surface area contributed by atoms with Crippen LogP contribution >= 0.6 is 12.4 Å². The van der Waals surface area contributed by atoms with Gasteiger partial charge in [0.1, 0.15) is 0 Å². The highest BCUT2D eigenvalue weighted by Crippen LogP contribution is 2.19. The maximum absolute atomic E-state index is 12.0. The average Bonchev–Trinajstić information content (AvgIpc) is 2.47. The van der Waals surface area contributed by atoms with Crippen LogP contribution in [-0.4, -0.2) is 25.2 Å². The van der Waals surface area contributed by atoms with Gasteiger partial charge in [-0.05, 0) is 37.5 Å². The van der Waals surface area contributed by atoms with E-state index in [1.165, 1.54) is 19.3 Å². The molecule has 0 spiro atoms. The highest BCUT2D eigenvalue weighted by molar-refractivity contribution is 5.96. The fourth-order valence-corrected chi connectivity index (χ4v) is 2.60. The molecule has 1 saturated carbocycles. The maximum atomic E-state index is 12.0. The van der Waals surface area contributed by atoms with E-state index < -0.39 is 0 Å². The number of halogens is 1. The fraction of sp³-hybridized carbons (Fsp3) is 0.562. The smallest absolute Gasteiger partial charge is 0.251 e. The maximum Gasteiger partial charge on any atom is 0.251 e. The number of rotatable bonds is 5. The standard InChI is InChI=1S/C16H24N2O2.ClH/c1-12-7-8-13(17)11-15(12)16(19)18-9-10-20-14-5-3-2-4-6-14;/h7-8,11,14H,2-6,9-10,17H2,1H3,(H,18,19);1H. The van der Waals surface area contributed by atoms with Gasteiger partial charge < -0.3 is 15.8 Å². The van der Waals surface area contributed by atoms with Gasteiger partial charge in [0.15, 0.2) is 0 Å². The number of carbonyl (C=O) groups is 1. The Hall–Kier alpha value is -1.26. The van der Waals surface area contributed by atoms with Crippen LogP contribution in [0.15, 0.2) is 18.2 Å². The van der Waals surface area contributed by atoms with Crippen LogP contribution in [0.3, 0.4) is 0 Å². The predicted molar refractivity (Wildman–Crippen MR) is 88.0 cm³/mol. The van der Waals surface area contributed by atoms with Gasteiger partial charge in [0.2, 0.25) is 0 Å². The lowest BCUT2D eigenvalue weighted by Gasteiger charge is -2.22. The van der Waals surface area contributed by atoms with Crippen molar-refractivity contribution in [2.45, 2.75) is 45.1 Å². The van der Waals surface area contributed by atoms with Gasteiger partial charge in [0.05, 0.1) is 12.7 Å². The van der Waals surface area contributed by atoms with Crippen LogP contribution in [0.2, 0.25) is 0 Å². The van der Waals surface area contributed by atoms with E-state index in [-0.39, 0.29) is 18.3 Å². The van der Waals surface area contributed by atoms with E-state index in [4.69, 9.17) is 10.5 Å². The first-order valence-electron chi connectivity index (χ1n) is 7.43. The van der Waals surface area contributed by atoms with Crippen LogP contribution in [0.1, 0.15) is 48.0 Å². The molecule has 0 atom stereocenters. The first-order chi connectivity index (χ1) is 9.66. The van der Waals surface area contributed by atoms with Gasteiger partial charge >= 0.3 is 0 Å². The molecule has 1 aliphatic rings. The summed E-state index contributed by atoms with van der Waals surface area (Å²) in [7, 11) is 0. The Balaban J connectivity index is 0.00000220. The summed E-state index contributed by atoms with van der Waals surface area (Å²) in [5.74, 6) is -0.0814. The van der Waals surface area contributed by atoms with Crippen molar-refractivity contribution < 1.29 is 9.53 Å². The number of nitrogen functional groups attached to an aromatic ring is 1. The molecule has 2 rings (SSSR count). The summed E-state index contributed by atoms with van der Waals surface area (Å²) in [5, 5.41) is 2.89. The molecule has 0 aromatic heterocycles. The van der Waals surface area contributed by atoms with Gasteiger partial charge in [-0.25, -0.2) is 0 Å². The summed E-state index contributed by atoms with van der Waals surface area (Å²) < 4.78 is 5.78. The lowest BCUT2D eigenvalue weighted by atomic mass is 9.98. The normalized spacial score (nSPS) is 15.3. The van der Waals surface area contributed by atoms with Crippen molar-refractivity contribution >= 4 is 24.0 Å². The zero-order valence-electron chi connectivity index (χ0n) is 12.6. The predicted octanol–water partition coefficient (Wildman–Crippen LogP) is 3.08. The number of hydrogen-bond acceptors (Lipinski definition) is 3. The van der Waals surface area contributed by atoms with Crippen molar-refractivity contribution in [3.05, 3.63) is 29.3 Å². The molecule has 0 heterocycles. The number of anilines is 1. The molecular weight excluding hydrogens is 288 g/mol. The first-order valence-corrected chi connectivity index (χ1v) is 7.43. The number of ether oxygens (including phenoxy) is 1. The number of hydrogen-bond donors (Lipinski definition) is 2. The number of benzene rings is 1. The summed E-state index contributed by atoms with van der Waals surface area (Å²) >= 11 is 0. The number of carbonyl (C=O) groups excluding carboxylic acids is 1. The molecule has 1 aromatic carbocycles. The van der Waals surface area contributed by atoms with Gasteiger partial charge in [-0.1, -0.05) is 25.3 Å². The third kappa shape index (κ3) is 5.56. The summed E-state index contributed by atoms with van der Waals surface area (Å²) in [6.07, 6.45) is 6.55. The highest BCUT2D eigenvalue weighted by atomic mass is 35.5. The lowest BCUT2D eigenvalue weighted by molar-refractivity contribution is 0.0299. The van der Waals surface area contributed by atoms with Crippen molar-refractivity contribution in [3.8, 4) is 0 Å². The Kier molecular flexibility index (Phi) is 7.54. The molecule has 1 aromatic rings. The summed E-state index contributed by atoms with van der Waals surface area (Å²) in [5.41, 5.74) is 7.90. The van der Waals surface area contributed by atoms with E-state index in [1.54, 1.807) is 12.1 Å². The number of aryl methyl sites for hydroxylation is 1. The number of nitrogens with one attached hydrogen (secondary N) is 1. The van der Waals surface area contributed by atoms with E-state index in [9.17, 15) is 4.79 Å². The van der Waals surface area contributed by atoms with Crippen LogP contribution in [0.25, 0.3) is 0 Å². The molecule has 0 bridgehead atoms. The molecule has 0 saturated heterocycles. The highest BCUT2D eigenvalue weighted by Gasteiger charge is 2.14. The molecule has 21 heavy (non-hydrogen) atoms. The molecule has 4 nitrogen and oxygen atoms in total.